The fourth-order valence-electron chi connectivity index (χ4n) is 3.83. The van der Waals surface area contributed by atoms with Gasteiger partial charge < -0.3 is 4.90 Å². The molecule has 128 valence electrons. The highest BCUT2D eigenvalue weighted by atomic mass is 19.4. The summed E-state index contributed by atoms with van der Waals surface area (Å²) >= 11 is 0. The van der Waals surface area contributed by atoms with Crippen LogP contribution in [0, 0.1) is 5.92 Å². The first-order chi connectivity index (χ1) is 11.2. The van der Waals surface area contributed by atoms with E-state index in [9.17, 15) is 18.0 Å². The Morgan fingerprint density at radius 1 is 1.25 bits per heavy atom. The minimum absolute atomic E-state index is 0.0384. The van der Waals surface area contributed by atoms with Gasteiger partial charge in [-0.15, -0.1) is 0 Å². The number of likely N-dealkylation sites (tertiary alicyclic amines) is 1. The first-order valence-corrected chi connectivity index (χ1v) is 7.67. The lowest BCUT2D eigenvalue weighted by atomic mass is 9.99. The first kappa shape index (κ1) is 15.2. The number of carbonyl (C=O) groups excluding carboxylic acids is 1. The molecular formula is C15H16F3N5O. The van der Waals surface area contributed by atoms with E-state index < -0.39 is 17.8 Å². The van der Waals surface area contributed by atoms with Gasteiger partial charge in [-0.3, -0.25) is 14.2 Å². The monoisotopic (exact) mass is 339 g/mol. The van der Waals surface area contributed by atoms with Crippen molar-refractivity contribution < 1.29 is 18.0 Å². The Bertz CT molecular complexity index is 822. The standard InChI is InChI=1S/C15H16F3N5O/c1-21-5-9-3-8-6-23(7-10(8)13(9)20-21)14(24)11-4-12(15(16,17)18)19-22(11)2/h4-5,8,10H,3,6-7H2,1-2H3/t8-,10+/m1/s1. The molecule has 6 nitrogen and oxygen atoms in total. The molecule has 2 aromatic rings. The van der Waals surface area contributed by atoms with E-state index in [0.29, 0.717) is 19.0 Å². The lowest BCUT2D eigenvalue weighted by Crippen LogP contribution is -2.31. The van der Waals surface area contributed by atoms with Crippen LogP contribution in [0.25, 0.3) is 0 Å². The lowest BCUT2D eigenvalue weighted by Gasteiger charge is -2.16. The smallest absolute Gasteiger partial charge is 0.336 e. The molecule has 1 saturated heterocycles. The van der Waals surface area contributed by atoms with Crippen molar-refractivity contribution in [2.75, 3.05) is 13.1 Å². The van der Waals surface area contributed by atoms with Crippen LogP contribution in [-0.2, 0) is 26.7 Å². The molecular weight excluding hydrogens is 323 g/mol. The van der Waals surface area contributed by atoms with Crippen LogP contribution in [0.5, 0.6) is 0 Å². The largest absolute Gasteiger partial charge is 0.435 e. The third-order valence-corrected chi connectivity index (χ3v) is 4.89. The van der Waals surface area contributed by atoms with Gasteiger partial charge in [0.1, 0.15) is 5.69 Å². The zero-order chi connectivity index (χ0) is 17.2. The van der Waals surface area contributed by atoms with Crippen LogP contribution in [0.2, 0.25) is 0 Å². The molecule has 1 aliphatic heterocycles. The maximum atomic E-state index is 12.8. The molecule has 1 fully saturated rings. The van der Waals surface area contributed by atoms with Crippen LogP contribution in [0.1, 0.15) is 33.4 Å². The number of fused-ring (bicyclic) bond motifs is 3. The second-order valence-corrected chi connectivity index (χ2v) is 6.53. The average Bonchev–Trinajstić information content (AvgIpc) is 3.17. The van der Waals surface area contributed by atoms with E-state index in [1.165, 1.54) is 12.6 Å². The van der Waals surface area contributed by atoms with Crippen molar-refractivity contribution >= 4 is 5.91 Å². The molecule has 0 N–H and O–H groups in total. The van der Waals surface area contributed by atoms with Gasteiger partial charge in [0.2, 0.25) is 0 Å². The molecule has 0 radical (unpaired) electrons. The van der Waals surface area contributed by atoms with E-state index in [1.54, 1.807) is 9.58 Å². The van der Waals surface area contributed by atoms with Crippen molar-refractivity contribution in [3.05, 3.63) is 34.9 Å². The number of alkyl halides is 3. The highest BCUT2D eigenvalue weighted by molar-refractivity contribution is 5.93. The van der Waals surface area contributed by atoms with Crippen LogP contribution in [0.15, 0.2) is 12.3 Å². The number of amides is 1. The summed E-state index contributed by atoms with van der Waals surface area (Å²) in [7, 11) is 3.22. The predicted octanol–water partition coefficient (Wildman–Crippen LogP) is 1.58. The number of halogens is 3. The quantitative estimate of drug-likeness (QED) is 0.793. The Labute approximate surface area is 135 Å². The predicted molar refractivity (Wildman–Crippen MR) is 77.3 cm³/mol. The SMILES string of the molecule is Cn1cc2c(n1)[C@H]1CN(C(=O)c3cc(C(F)(F)F)nn3C)C[C@H]1C2. The molecule has 1 amide bonds. The molecule has 2 atom stereocenters. The van der Waals surface area contributed by atoms with Gasteiger partial charge in [0.05, 0.1) is 5.69 Å². The number of aryl methyl sites for hydroxylation is 2. The van der Waals surface area contributed by atoms with Gasteiger partial charge in [0.15, 0.2) is 5.69 Å². The van der Waals surface area contributed by atoms with E-state index in [2.05, 4.69) is 10.2 Å². The van der Waals surface area contributed by atoms with Gasteiger partial charge in [-0.05, 0) is 17.9 Å². The molecule has 2 aromatic heterocycles. The highest BCUT2D eigenvalue weighted by Crippen LogP contribution is 2.42. The highest BCUT2D eigenvalue weighted by Gasteiger charge is 2.44. The molecule has 0 bridgehead atoms. The molecule has 4 rings (SSSR count). The van der Waals surface area contributed by atoms with Crippen molar-refractivity contribution in [3.63, 3.8) is 0 Å². The molecule has 1 aliphatic carbocycles. The summed E-state index contributed by atoms with van der Waals surface area (Å²) in [6, 6.07) is 0.822. The minimum Gasteiger partial charge on any atom is -0.336 e. The third-order valence-electron chi connectivity index (χ3n) is 4.89. The molecule has 2 aliphatic rings. The number of rotatable bonds is 1. The van der Waals surface area contributed by atoms with Gasteiger partial charge in [0.25, 0.3) is 5.91 Å². The summed E-state index contributed by atoms with van der Waals surface area (Å²) in [4.78, 5) is 14.2. The van der Waals surface area contributed by atoms with Crippen molar-refractivity contribution in [2.45, 2.75) is 18.5 Å². The first-order valence-electron chi connectivity index (χ1n) is 7.67. The van der Waals surface area contributed by atoms with Crippen LogP contribution in [0.3, 0.4) is 0 Å². The zero-order valence-corrected chi connectivity index (χ0v) is 13.2. The van der Waals surface area contributed by atoms with Gasteiger partial charge in [0, 0.05) is 45.4 Å². The van der Waals surface area contributed by atoms with Gasteiger partial charge >= 0.3 is 6.18 Å². The summed E-state index contributed by atoms with van der Waals surface area (Å²) in [6.07, 6.45) is -1.70. The molecule has 9 heteroatoms. The van der Waals surface area contributed by atoms with Crippen molar-refractivity contribution in [2.24, 2.45) is 20.0 Å². The Kier molecular flexibility index (Phi) is 3.07. The van der Waals surface area contributed by atoms with E-state index in [4.69, 9.17) is 0 Å². The molecule has 24 heavy (non-hydrogen) atoms. The van der Waals surface area contributed by atoms with E-state index in [-0.39, 0.29) is 11.6 Å². The zero-order valence-electron chi connectivity index (χ0n) is 13.2. The van der Waals surface area contributed by atoms with Gasteiger partial charge in [-0.25, -0.2) is 0 Å². The maximum Gasteiger partial charge on any atom is 0.435 e. The number of hydrogen-bond donors (Lipinski definition) is 0. The number of aromatic nitrogens is 4. The Balaban J connectivity index is 1.56. The lowest BCUT2D eigenvalue weighted by molar-refractivity contribution is -0.141. The Morgan fingerprint density at radius 3 is 2.67 bits per heavy atom. The number of nitrogens with zero attached hydrogens (tertiary/aromatic N) is 5. The molecule has 0 unspecified atom stereocenters. The number of hydrogen-bond acceptors (Lipinski definition) is 3. The van der Waals surface area contributed by atoms with Crippen LogP contribution >= 0.6 is 0 Å². The van der Waals surface area contributed by atoms with Crippen LogP contribution in [-0.4, -0.2) is 43.5 Å². The number of carbonyl (C=O) groups is 1. The minimum atomic E-state index is -4.55. The van der Waals surface area contributed by atoms with E-state index >= 15 is 0 Å². The summed E-state index contributed by atoms with van der Waals surface area (Å²) in [5.74, 6) is 0.0517. The third kappa shape index (κ3) is 2.22. The second-order valence-electron chi connectivity index (χ2n) is 6.53. The van der Waals surface area contributed by atoms with Gasteiger partial charge in [-0.2, -0.15) is 23.4 Å². The topological polar surface area (TPSA) is 56.0 Å². The average molecular weight is 339 g/mol. The fraction of sp³-hybridized carbons (Fsp3) is 0.533. The summed E-state index contributed by atoms with van der Waals surface area (Å²) < 4.78 is 41.1. The van der Waals surface area contributed by atoms with Crippen LogP contribution in [0.4, 0.5) is 13.2 Å². The molecule has 0 aromatic carbocycles. The normalized spacial score (nSPS) is 22.8. The summed E-state index contributed by atoms with van der Waals surface area (Å²) in [6.45, 7) is 1.02. The van der Waals surface area contributed by atoms with Crippen molar-refractivity contribution in [1.29, 1.82) is 0 Å². The molecule has 0 saturated carbocycles. The molecule has 3 heterocycles. The summed E-state index contributed by atoms with van der Waals surface area (Å²) in [5, 5.41) is 7.88. The van der Waals surface area contributed by atoms with Crippen molar-refractivity contribution in [3.8, 4) is 0 Å². The Hall–Kier alpha value is -2.32. The molecule has 0 spiro atoms. The second kappa shape index (κ2) is 4.84. The van der Waals surface area contributed by atoms with Gasteiger partial charge in [-0.1, -0.05) is 0 Å². The van der Waals surface area contributed by atoms with Crippen LogP contribution < -0.4 is 0 Å². The Morgan fingerprint density at radius 2 is 2.00 bits per heavy atom. The summed E-state index contributed by atoms with van der Waals surface area (Å²) in [5.41, 5.74) is 1.14. The van der Waals surface area contributed by atoms with Crippen molar-refractivity contribution in [1.82, 2.24) is 24.5 Å². The maximum absolute atomic E-state index is 12.8. The van der Waals surface area contributed by atoms with E-state index in [0.717, 1.165) is 22.9 Å². The van der Waals surface area contributed by atoms with E-state index in [1.807, 2.05) is 13.2 Å². The fourth-order valence-corrected chi connectivity index (χ4v) is 3.83.